The molecule has 2 heterocycles. The predicted octanol–water partition coefficient (Wildman–Crippen LogP) is 2.23. The lowest BCUT2D eigenvalue weighted by Crippen LogP contribution is -2.00. The molecule has 0 aliphatic carbocycles. The standard InChI is InChI=1S/C8H6ClIN4/c1-5-8(10)12-13-14(5)6-3-2-4-11-7(6)9/h2-4H,1H3. The Morgan fingerprint density at radius 1 is 1.50 bits per heavy atom. The Morgan fingerprint density at radius 2 is 2.29 bits per heavy atom. The van der Waals surface area contributed by atoms with Gasteiger partial charge in [0.05, 0.1) is 5.69 Å². The Hall–Kier alpha value is -0.690. The molecule has 0 bridgehead atoms. The van der Waals surface area contributed by atoms with Gasteiger partial charge in [-0.25, -0.2) is 9.67 Å². The minimum atomic E-state index is 0.428. The summed E-state index contributed by atoms with van der Waals surface area (Å²) in [7, 11) is 0. The van der Waals surface area contributed by atoms with Crippen molar-refractivity contribution in [1.29, 1.82) is 0 Å². The van der Waals surface area contributed by atoms with Crippen molar-refractivity contribution in [2.75, 3.05) is 0 Å². The van der Waals surface area contributed by atoms with Crippen molar-refractivity contribution in [2.24, 2.45) is 0 Å². The fourth-order valence-electron chi connectivity index (χ4n) is 1.08. The van der Waals surface area contributed by atoms with Crippen molar-refractivity contribution in [3.8, 4) is 5.69 Å². The highest BCUT2D eigenvalue weighted by Crippen LogP contribution is 2.19. The fourth-order valence-corrected chi connectivity index (χ4v) is 1.60. The van der Waals surface area contributed by atoms with Gasteiger partial charge in [0.15, 0.2) is 5.15 Å². The molecule has 14 heavy (non-hydrogen) atoms. The Bertz CT molecular complexity index is 468. The maximum atomic E-state index is 5.94. The lowest BCUT2D eigenvalue weighted by atomic mass is 10.4. The fraction of sp³-hybridized carbons (Fsp3) is 0.125. The molecule has 0 saturated heterocycles. The lowest BCUT2D eigenvalue weighted by Gasteiger charge is -2.03. The second-order valence-corrected chi connectivity index (χ2v) is 4.07. The molecule has 0 saturated carbocycles. The molecule has 0 N–H and O–H groups in total. The Balaban J connectivity index is 2.60. The minimum absolute atomic E-state index is 0.428. The average molecular weight is 321 g/mol. The van der Waals surface area contributed by atoms with Crippen LogP contribution in [-0.4, -0.2) is 20.0 Å². The normalized spacial score (nSPS) is 10.5. The number of nitrogens with zero attached hydrogens (tertiary/aromatic N) is 4. The van der Waals surface area contributed by atoms with Gasteiger partial charge < -0.3 is 0 Å². The lowest BCUT2D eigenvalue weighted by molar-refractivity contribution is 0.781. The van der Waals surface area contributed by atoms with Crippen LogP contribution in [0, 0.1) is 10.6 Å². The van der Waals surface area contributed by atoms with Gasteiger partial charge in [-0.1, -0.05) is 16.8 Å². The van der Waals surface area contributed by atoms with E-state index in [9.17, 15) is 0 Å². The molecule has 4 nitrogen and oxygen atoms in total. The van der Waals surface area contributed by atoms with Crippen LogP contribution in [0.25, 0.3) is 5.69 Å². The largest absolute Gasteiger partial charge is 0.242 e. The number of hydrogen-bond donors (Lipinski definition) is 0. The second kappa shape index (κ2) is 3.82. The summed E-state index contributed by atoms with van der Waals surface area (Å²) in [4.78, 5) is 3.98. The Labute approximate surface area is 99.4 Å². The molecule has 2 aromatic heterocycles. The van der Waals surface area contributed by atoms with E-state index in [0.717, 1.165) is 15.1 Å². The summed E-state index contributed by atoms with van der Waals surface area (Å²) in [5, 5.41) is 8.36. The van der Waals surface area contributed by atoms with E-state index in [1.807, 2.05) is 19.1 Å². The summed E-state index contributed by atoms with van der Waals surface area (Å²) >= 11 is 8.06. The molecule has 0 unspecified atom stereocenters. The third-order valence-corrected chi connectivity index (χ3v) is 3.09. The summed E-state index contributed by atoms with van der Waals surface area (Å²) in [5.74, 6) is 0. The van der Waals surface area contributed by atoms with Gasteiger partial charge in [-0.3, -0.25) is 0 Å². The van der Waals surface area contributed by atoms with Crippen LogP contribution in [0.3, 0.4) is 0 Å². The van der Waals surface area contributed by atoms with E-state index in [-0.39, 0.29) is 0 Å². The van der Waals surface area contributed by atoms with E-state index in [4.69, 9.17) is 11.6 Å². The van der Waals surface area contributed by atoms with Crippen LogP contribution >= 0.6 is 34.2 Å². The molecule has 0 spiro atoms. The molecular weight excluding hydrogens is 314 g/mol. The van der Waals surface area contributed by atoms with Gasteiger partial charge in [0.2, 0.25) is 0 Å². The molecule has 2 aromatic rings. The second-order valence-electron chi connectivity index (χ2n) is 2.69. The number of hydrogen-bond acceptors (Lipinski definition) is 3. The number of pyridine rings is 1. The molecule has 72 valence electrons. The molecule has 0 aliphatic heterocycles. The first-order valence-corrected chi connectivity index (χ1v) is 5.34. The molecular formula is C8H6ClIN4. The Morgan fingerprint density at radius 3 is 2.86 bits per heavy atom. The van der Waals surface area contributed by atoms with E-state index in [1.165, 1.54) is 0 Å². The highest BCUT2D eigenvalue weighted by atomic mass is 127. The van der Waals surface area contributed by atoms with Gasteiger partial charge in [-0.05, 0) is 41.6 Å². The molecule has 0 atom stereocenters. The zero-order valence-corrected chi connectivity index (χ0v) is 10.2. The first-order valence-electron chi connectivity index (χ1n) is 3.89. The maximum Gasteiger partial charge on any atom is 0.154 e. The molecule has 6 heteroatoms. The summed E-state index contributed by atoms with van der Waals surface area (Å²) in [6, 6.07) is 3.67. The van der Waals surface area contributed by atoms with Crippen LogP contribution in [0.15, 0.2) is 18.3 Å². The third kappa shape index (κ3) is 1.61. The number of aromatic nitrogens is 4. The van der Waals surface area contributed by atoms with Crippen molar-refractivity contribution in [3.63, 3.8) is 0 Å². The van der Waals surface area contributed by atoms with Crippen LogP contribution in [0.1, 0.15) is 5.69 Å². The van der Waals surface area contributed by atoms with Crippen molar-refractivity contribution in [3.05, 3.63) is 32.9 Å². The van der Waals surface area contributed by atoms with E-state index in [2.05, 4.69) is 37.9 Å². The van der Waals surface area contributed by atoms with E-state index < -0.39 is 0 Å². The van der Waals surface area contributed by atoms with Crippen molar-refractivity contribution in [1.82, 2.24) is 20.0 Å². The third-order valence-electron chi connectivity index (χ3n) is 1.81. The van der Waals surface area contributed by atoms with Crippen molar-refractivity contribution in [2.45, 2.75) is 6.92 Å². The average Bonchev–Trinajstić information content (AvgIpc) is 2.49. The highest BCUT2D eigenvalue weighted by molar-refractivity contribution is 14.1. The van der Waals surface area contributed by atoms with Gasteiger partial charge in [-0.15, -0.1) is 5.10 Å². The zero-order chi connectivity index (χ0) is 10.1. The topological polar surface area (TPSA) is 43.6 Å². The summed E-state index contributed by atoms with van der Waals surface area (Å²) in [6.07, 6.45) is 1.64. The minimum Gasteiger partial charge on any atom is -0.242 e. The van der Waals surface area contributed by atoms with Crippen LogP contribution < -0.4 is 0 Å². The van der Waals surface area contributed by atoms with E-state index >= 15 is 0 Å². The van der Waals surface area contributed by atoms with Gasteiger partial charge in [0.1, 0.15) is 9.39 Å². The van der Waals surface area contributed by atoms with Crippen molar-refractivity contribution < 1.29 is 0 Å². The molecule has 0 radical (unpaired) electrons. The zero-order valence-electron chi connectivity index (χ0n) is 7.28. The van der Waals surface area contributed by atoms with Crippen LogP contribution in [0.4, 0.5) is 0 Å². The molecule has 0 aliphatic rings. The highest BCUT2D eigenvalue weighted by Gasteiger charge is 2.10. The molecule has 0 amide bonds. The number of halogens is 2. The van der Waals surface area contributed by atoms with Crippen LogP contribution in [0.5, 0.6) is 0 Å². The van der Waals surface area contributed by atoms with Gasteiger partial charge in [-0.2, -0.15) is 0 Å². The quantitative estimate of drug-likeness (QED) is 0.598. The number of rotatable bonds is 1. The Kier molecular flexibility index (Phi) is 2.69. The van der Waals surface area contributed by atoms with Crippen LogP contribution in [-0.2, 0) is 0 Å². The van der Waals surface area contributed by atoms with E-state index in [0.29, 0.717) is 5.15 Å². The molecule has 0 fully saturated rings. The monoisotopic (exact) mass is 320 g/mol. The SMILES string of the molecule is Cc1c(I)nnn1-c1cccnc1Cl. The van der Waals surface area contributed by atoms with Gasteiger partial charge in [0, 0.05) is 6.20 Å². The first-order chi connectivity index (χ1) is 6.70. The summed E-state index contributed by atoms with van der Waals surface area (Å²) < 4.78 is 2.54. The van der Waals surface area contributed by atoms with Gasteiger partial charge in [0.25, 0.3) is 0 Å². The molecule has 0 aromatic carbocycles. The van der Waals surface area contributed by atoms with E-state index in [1.54, 1.807) is 10.9 Å². The van der Waals surface area contributed by atoms with Crippen molar-refractivity contribution >= 4 is 34.2 Å². The van der Waals surface area contributed by atoms with Crippen LogP contribution in [0.2, 0.25) is 5.15 Å². The summed E-state index contributed by atoms with van der Waals surface area (Å²) in [5.41, 5.74) is 1.71. The maximum absolute atomic E-state index is 5.94. The smallest absolute Gasteiger partial charge is 0.154 e. The predicted molar refractivity (Wildman–Crippen MR) is 61.6 cm³/mol. The van der Waals surface area contributed by atoms with Gasteiger partial charge >= 0.3 is 0 Å². The molecule has 2 rings (SSSR count). The summed E-state index contributed by atoms with van der Waals surface area (Å²) in [6.45, 7) is 1.94. The first kappa shape index (κ1) is 9.85.